The van der Waals surface area contributed by atoms with Gasteiger partial charge in [-0.2, -0.15) is 0 Å². The summed E-state index contributed by atoms with van der Waals surface area (Å²) in [5, 5.41) is 0. The lowest BCUT2D eigenvalue weighted by molar-refractivity contribution is 0.293. The standard InChI is InChI=1S/C8H9F2NO.ClH/c9-6-2-1-3-7(10)8(6)12-5-4-11;/h1-3H,4-5,11H2;1H. The highest BCUT2D eigenvalue weighted by Gasteiger charge is 2.07. The van der Waals surface area contributed by atoms with Crippen molar-refractivity contribution in [3.63, 3.8) is 0 Å². The van der Waals surface area contributed by atoms with Gasteiger partial charge in [-0.3, -0.25) is 0 Å². The molecule has 0 amide bonds. The molecule has 1 aromatic rings. The van der Waals surface area contributed by atoms with Gasteiger partial charge in [0.25, 0.3) is 0 Å². The molecule has 0 heterocycles. The molecule has 1 aromatic carbocycles. The zero-order chi connectivity index (χ0) is 8.97. The molecular weight excluding hydrogens is 200 g/mol. The Balaban J connectivity index is 0.00000144. The first-order chi connectivity index (χ1) is 5.75. The molecule has 0 saturated carbocycles. The molecule has 2 N–H and O–H groups in total. The summed E-state index contributed by atoms with van der Waals surface area (Å²) in [4.78, 5) is 0. The van der Waals surface area contributed by atoms with Gasteiger partial charge < -0.3 is 10.5 Å². The van der Waals surface area contributed by atoms with E-state index in [2.05, 4.69) is 0 Å². The normalized spacial score (nSPS) is 9.15. The fourth-order valence-electron chi connectivity index (χ4n) is 0.781. The molecule has 0 saturated heterocycles. The second-order valence-electron chi connectivity index (χ2n) is 2.19. The summed E-state index contributed by atoms with van der Waals surface area (Å²) in [6.07, 6.45) is 0. The Kier molecular flexibility index (Phi) is 5.34. The highest BCUT2D eigenvalue weighted by Crippen LogP contribution is 2.20. The summed E-state index contributed by atoms with van der Waals surface area (Å²) in [5.74, 6) is -1.77. The molecule has 0 aliphatic heterocycles. The molecule has 0 unspecified atom stereocenters. The first-order valence-electron chi connectivity index (χ1n) is 3.52. The van der Waals surface area contributed by atoms with E-state index in [-0.39, 0.29) is 31.3 Å². The number of halogens is 3. The van der Waals surface area contributed by atoms with Crippen LogP contribution in [0.2, 0.25) is 0 Å². The van der Waals surface area contributed by atoms with Crippen LogP contribution >= 0.6 is 12.4 Å². The smallest absolute Gasteiger partial charge is 0.190 e. The van der Waals surface area contributed by atoms with Gasteiger partial charge in [0.15, 0.2) is 17.4 Å². The van der Waals surface area contributed by atoms with Crippen molar-refractivity contribution in [1.29, 1.82) is 0 Å². The molecule has 5 heteroatoms. The fraction of sp³-hybridized carbons (Fsp3) is 0.250. The highest BCUT2D eigenvalue weighted by atomic mass is 35.5. The molecule has 0 atom stereocenters. The minimum atomic E-state index is -0.705. The van der Waals surface area contributed by atoms with Crippen molar-refractivity contribution in [1.82, 2.24) is 0 Å². The number of benzene rings is 1. The largest absolute Gasteiger partial charge is 0.486 e. The third-order valence-corrected chi connectivity index (χ3v) is 1.28. The van der Waals surface area contributed by atoms with E-state index >= 15 is 0 Å². The predicted molar refractivity (Wildman–Crippen MR) is 48.2 cm³/mol. The first kappa shape index (κ1) is 12.1. The number of hydrogen-bond donors (Lipinski definition) is 1. The van der Waals surface area contributed by atoms with Crippen molar-refractivity contribution < 1.29 is 13.5 Å². The van der Waals surface area contributed by atoms with E-state index in [1.807, 2.05) is 0 Å². The van der Waals surface area contributed by atoms with Crippen LogP contribution in [0.4, 0.5) is 8.78 Å². The summed E-state index contributed by atoms with van der Waals surface area (Å²) in [6.45, 7) is 0.339. The number of rotatable bonds is 3. The number of nitrogens with two attached hydrogens (primary N) is 1. The molecule has 74 valence electrons. The second kappa shape index (κ2) is 5.72. The van der Waals surface area contributed by atoms with Crippen LogP contribution in [0, 0.1) is 11.6 Å². The molecule has 13 heavy (non-hydrogen) atoms. The van der Waals surface area contributed by atoms with Crippen LogP contribution in [0.15, 0.2) is 18.2 Å². The first-order valence-corrected chi connectivity index (χ1v) is 3.52. The van der Waals surface area contributed by atoms with E-state index in [1.54, 1.807) is 0 Å². The Bertz CT molecular complexity index is 250. The maximum Gasteiger partial charge on any atom is 0.190 e. The van der Waals surface area contributed by atoms with Gasteiger partial charge in [0.05, 0.1) is 0 Å². The van der Waals surface area contributed by atoms with Crippen molar-refractivity contribution in [3.8, 4) is 5.75 Å². The minimum Gasteiger partial charge on any atom is -0.486 e. The van der Waals surface area contributed by atoms with E-state index in [4.69, 9.17) is 10.5 Å². The zero-order valence-corrected chi connectivity index (χ0v) is 7.61. The molecule has 1 rings (SSSR count). The Labute approximate surface area is 81.1 Å². The lowest BCUT2D eigenvalue weighted by Gasteiger charge is -2.05. The predicted octanol–water partition coefficient (Wildman–Crippen LogP) is 1.72. The number of ether oxygens (including phenoxy) is 1. The van der Waals surface area contributed by atoms with E-state index in [9.17, 15) is 8.78 Å². The quantitative estimate of drug-likeness (QED) is 0.823. The van der Waals surface area contributed by atoms with Gasteiger partial charge in [-0.15, -0.1) is 12.4 Å². The Morgan fingerprint density at radius 1 is 1.23 bits per heavy atom. The minimum absolute atomic E-state index is 0. The molecule has 0 spiro atoms. The van der Waals surface area contributed by atoms with E-state index in [0.717, 1.165) is 12.1 Å². The molecule has 0 aliphatic rings. The van der Waals surface area contributed by atoms with Gasteiger partial charge in [0.1, 0.15) is 6.61 Å². The number of para-hydroxylation sites is 1. The second-order valence-corrected chi connectivity index (χ2v) is 2.19. The van der Waals surface area contributed by atoms with Crippen LogP contribution in [0.1, 0.15) is 0 Å². The fourth-order valence-corrected chi connectivity index (χ4v) is 0.781. The van der Waals surface area contributed by atoms with Crippen LogP contribution in [0.3, 0.4) is 0 Å². The monoisotopic (exact) mass is 209 g/mol. The average molecular weight is 210 g/mol. The summed E-state index contributed by atoms with van der Waals surface area (Å²) >= 11 is 0. The Morgan fingerprint density at radius 2 is 1.77 bits per heavy atom. The average Bonchev–Trinajstić information content (AvgIpc) is 2.04. The van der Waals surface area contributed by atoms with Gasteiger partial charge in [0, 0.05) is 6.54 Å². The molecule has 0 bridgehead atoms. The Morgan fingerprint density at radius 3 is 2.23 bits per heavy atom. The summed E-state index contributed by atoms with van der Waals surface area (Å²) in [7, 11) is 0. The van der Waals surface area contributed by atoms with Crippen LogP contribution in [-0.4, -0.2) is 13.2 Å². The van der Waals surface area contributed by atoms with Gasteiger partial charge in [-0.25, -0.2) is 8.78 Å². The van der Waals surface area contributed by atoms with Crippen molar-refractivity contribution in [2.45, 2.75) is 0 Å². The highest BCUT2D eigenvalue weighted by molar-refractivity contribution is 5.85. The van der Waals surface area contributed by atoms with Crippen molar-refractivity contribution in [2.24, 2.45) is 5.73 Å². The maximum atomic E-state index is 12.8. The SMILES string of the molecule is Cl.NCCOc1c(F)cccc1F. The molecular formula is C8H10ClF2NO. The van der Waals surface area contributed by atoms with Crippen LogP contribution in [0.5, 0.6) is 5.75 Å². The van der Waals surface area contributed by atoms with Crippen molar-refractivity contribution in [3.05, 3.63) is 29.8 Å². The lowest BCUT2D eigenvalue weighted by Crippen LogP contribution is -2.12. The summed E-state index contributed by atoms with van der Waals surface area (Å²) in [6, 6.07) is 3.55. The van der Waals surface area contributed by atoms with E-state index in [0.29, 0.717) is 0 Å². The van der Waals surface area contributed by atoms with Crippen molar-refractivity contribution in [2.75, 3.05) is 13.2 Å². The zero-order valence-electron chi connectivity index (χ0n) is 6.80. The lowest BCUT2D eigenvalue weighted by atomic mass is 10.3. The van der Waals surface area contributed by atoms with Gasteiger partial charge in [-0.05, 0) is 12.1 Å². The maximum absolute atomic E-state index is 12.8. The topological polar surface area (TPSA) is 35.2 Å². The van der Waals surface area contributed by atoms with Gasteiger partial charge in [-0.1, -0.05) is 6.07 Å². The molecule has 0 radical (unpaired) electrons. The third kappa shape index (κ3) is 3.16. The van der Waals surface area contributed by atoms with Gasteiger partial charge >= 0.3 is 0 Å². The molecule has 0 fully saturated rings. The third-order valence-electron chi connectivity index (χ3n) is 1.28. The molecule has 0 aromatic heterocycles. The number of hydrogen-bond acceptors (Lipinski definition) is 2. The molecule has 2 nitrogen and oxygen atoms in total. The van der Waals surface area contributed by atoms with Crippen LogP contribution < -0.4 is 10.5 Å². The van der Waals surface area contributed by atoms with Gasteiger partial charge in [0.2, 0.25) is 0 Å². The molecule has 0 aliphatic carbocycles. The van der Waals surface area contributed by atoms with Crippen LogP contribution in [0.25, 0.3) is 0 Å². The van der Waals surface area contributed by atoms with Crippen LogP contribution in [-0.2, 0) is 0 Å². The van der Waals surface area contributed by atoms with E-state index < -0.39 is 11.6 Å². The Hall–Kier alpha value is -0.870. The summed E-state index contributed by atoms with van der Waals surface area (Å²) in [5.41, 5.74) is 5.11. The van der Waals surface area contributed by atoms with E-state index in [1.165, 1.54) is 6.07 Å². The van der Waals surface area contributed by atoms with Crippen molar-refractivity contribution >= 4 is 12.4 Å². The summed E-state index contributed by atoms with van der Waals surface area (Å²) < 4.78 is 30.3.